The van der Waals surface area contributed by atoms with Gasteiger partial charge in [-0.05, 0) is 0 Å². The molecule has 0 radical (unpaired) electrons. The van der Waals surface area contributed by atoms with Crippen LogP contribution in [0.5, 0.6) is 5.75 Å². The van der Waals surface area contributed by atoms with Gasteiger partial charge in [0.05, 0.1) is 0 Å². The summed E-state index contributed by atoms with van der Waals surface area (Å²) < 4.78 is 33.9. The van der Waals surface area contributed by atoms with E-state index in [1.807, 2.05) is 0 Å². The van der Waals surface area contributed by atoms with Gasteiger partial charge in [0.15, 0.2) is 11.3 Å². The third kappa shape index (κ3) is 0.778. The van der Waals surface area contributed by atoms with Crippen LogP contribution in [0, 0.1) is 0 Å². The fourth-order valence-electron chi connectivity index (χ4n) is 0.424. The van der Waals surface area contributed by atoms with E-state index in [9.17, 15) is 18.0 Å². The molecule has 5 heteroatoms. The van der Waals surface area contributed by atoms with E-state index in [1.54, 1.807) is 0 Å². The number of halogens is 3. The largest absolute Gasteiger partial charge is 0.504 e. The monoisotopic (exact) mass is 138 g/mol. The molecular formula is C4HF3O2. The summed E-state index contributed by atoms with van der Waals surface area (Å²) in [7, 11) is 0. The van der Waals surface area contributed by atoms with Gasteiger partial charge in [0.2, 0.25) is 5.43 Å². The van der Waals surface area contributed by atoms with Crippen LogP contribution in [0.1, 0.15) is 5.56 Å². The van der Waals surface area contributed by atoms with Crippen molar-refractivity contribution < 1.29 is 18.3 Å². The minimum atomic E-state index is -4.67. The lowest BCUT2D eigenvalue weighted by atomic mass is 10.5. The third-order valence-electron chi connectivity index (χ3n) is 0.900. The molecule has 0 aliphatic rings. The van der Waals surface area contributed by atoms with Gasteiger partial charge in [0.25, 0.3) is 0 Å². The number of hydrogen-bond donors (Lipinski definition) is 1. The van der Waals surface area contributed by atoms with Crippen LogP contribution >= 0.6 is 0 Å². The minimum Gasteiger partial charge on any atom is -0.504 e. The summed E-state index contributed by atoms with van der Waals surface area (Å²) in [6, 6.07) is 0. The molecule has 50 valence electrons. The Morgan fingerprint density at radius 3 is 1.67 bits per heavy atom. The maximum absolute atomic E-state index is 11.3. The molecule has 1 N–H and O–H groups in total. The lowest BCUT2D eigenvalue weighted by molar-refractivity contribution is -0.135. The first kappa shape index (κ1) is 6.12. The number of rotatable bonds is 0. The van der Waals surface area contributed by atoms with E-state index in [2.05, 4.69) is 0 Å². The van der Waals surface area contributed by atoms with Crippen LogP contribution in [-0.4, -0.2) is 5.11 Å². The highest BCUT2D eigenvalue weighted by Gasteiger charge is 2.45. The summed E-state index contributed by atoms with van der Waals surface area (Å²) in [5.74, 6) is -1.15. The predicted octanol–water partition coefficient (Wildman–Crippen LogP) is 0.647. The van der Waals surface area contributed by atoms with E-state index in [-0.39, 0.29) is 0 Å². The summed E-state index contributed by atoms with van der Waals surface area (Å²) in [5, 5.41) is 8.04. The first-order valence-electron chi connectivity index (χ1n) is 1.99. The SMILES string of the molecule is O=c1c(O)c1C(F)(F)F. The Kier molecular flexibility index (Phi) is 0.875. The zero-order valence-electron chi connectivity index (χ0n) is 3.99. The van der Waals surface area contributed by atoms with Gasteiger partial charge in [0, 0.05) is 0 Å². The standard InChI is InChI=1S/C4HF3O2/c5-4(6,7)1-2(8)3(1)9/h8H. The maximum atomic E-state index is 11.3. The van der Waals surface area contributed by atoms with E-state index in [0.717, 1.165) is 0 Å². The van der Waals surface area contributed by atoms with Gasteiger partial charge in [-0.25, -0.2) is 0 Å². The van der Waals surface area contributed by atoms with Gasteiger partial charge < -0.3 is 5.11 Å². The van der Waals surface area contributed by atoms with Gasteiger partial charge in [-0.1, -0.05) is 0 Å². The van der Waals surface area contributed by atoms with Crippen molar-refractivity contribution in [2.45, 2.75) is 6.18 Å². The van der Waals surface area contributed by atoms with Crippen molar-refractivity contribution >= 4 is 0 Å². The van der Waals surface area contributed by atoms with E-state index >= 15 is 0 Å². The van der Waals surface area contributed by atoms with Crippen molar-refractivity contribution in [3.8, 4) is 5.75 Å². The molecule has 0 fully saturated rings. The minimum absolute atomic E-state index is 1.15. The fraction of sp³-hybridized carbons (Fsp3) is 0.250. The molecular weight excluding hydrogens is 137 g/mol. The van der Waals surface area contributed by atoms with Crippen LogP contribution in [0.3, 0.4) is 0 Å². The molecule has 0 spiro atoms. The van der Waals surface area contributed by atoms with Crippen molar-refractivity contribution in [3.63, 3.8) is 0 Å². The van der Waals surface area contributed by atoms with Crippen molar-refractivity contribution in [2.24, 2.45) is 0 Å². The second-order valence-electron chi connectivity index (χ2n) is 1.55. The van der Waals surface area contributed by atoms with Gasteiger partial charge in [-0.3, -0.25) is 4.79 Å². The average molecular weight is 138 g/mol. The lowest BCUT2D eigenvalue weighted by Gasteiger charge is -1.93. The van der Waals surface area contributed by atoms with E-state index in [1.165, 1.54) is 0 Å². The fourth-order valence-corrected chi connectivity index (χ4v) is 0.424. The van der Waals surface area contributed by atoms with Crippen LogP contribution in [0.25, 0.3) is 0 Å². The van der Waals surface area contributed by atoms with Crippen LogP contribution in [0.4, 0.5) is 13.2 Å². The maximum Gasteiger partial charge on any atom is 0.424 e. The summed E-state index contributed by atoms with van der Waals surface area (Å²) in [6.07, 6.45) is -4.67. The highest BCUT2D eigenvalue weighted by Crippen LogP contribution is 2.36. The third-order valence-corrected chi connectivity index (χ3v) is 0.900. The Hall–Kier alpha value is -1.00. The van der Waals surface area contributed by atoms with Gasteiger partial charge in [0.1, 0.15) is 0 Å². The zero-order valence-corrected chi connectivity index (χ0v) is 3.99. The quantitative estimate of drug-likeness (QED) is 0.571. The molecule has 9 heavy (non-hydrogen) atoms. The molecule has 1 aromatic carbocycles. The molecule has 0 bridgehead atoms. The van der Waals surface area contributed by atoms with Crippen molar-refractivity contribution in [1.29, 1.82) is 0 Å². The van der Waals surface area contributed by atoms with E-state index < -0.39 is 22.9 Å². The second kappa shape index (κ2) is 1.29. The van der Waals surface area contributed by atoms with E-state index in [4.69, 9.17) is 5.11 Å². The molecule has 0 amide bonds. The van der Waals surface area contributed by atoms with Gasteiger partial charge in [-0.2, -0.15) is 13.2 Å². The summed E-state index contributed by atoms with van der Waals surface area (Å²) >= 11 is 0. The number of alkyl halides is 3. The van der Waals surface area contributed by atoms with Crippen LogP contribution in [-0.2, 0) is 6.18 Å². The molecule has 0 aliphatic carbocycles. The van der Waals surface area contributed by atoms with E-state index in [0.29, 0.717) is 0 Å². The highest BCUT2D eigenvalue weighted by atomic mass is 19.4. The molecule has 0 unspecified atom stereocenters. The highest BCUT2D eigenvalue weighted by molar-refractivity contribution is 5.47. The Bertz CT molecular complexity index is 240. The van der Waals surface area contributed by atoms with Crippen molar-refractivity contribution in [1.82, 2.24) is 0 Å². The smallest absolute Gasteiger partial charge is 0.424 e. The predicted molar refractivity (Wildman–Crippen MR) is 21.8 cm³/mol. The molecule has 0 saturated carbocycles. The number of aromatic hydroxyl groups is 1. The topological polar surface area (TPSA) is 37.3 Å². The lowest BCUT2D eigenvalue weighted by Crippen LogP contribution is -2.02. The molecule has 0 aromatic heterocycles. The van der Waals surface area contributed by atoms with Crippen molar-refractivity contribution in [2.75, 3.05) is 0 Å². The average Bonchev–Trinajstić information content (AvgIpc) is 2.11. The molecule has 0 heterocycles. The first-order chi connectivity index (χ1) is 3.94. The Labute approximate surface area is 47.2 Å². The molecule has 1 aromatic rings. The van der Waals surface area contributed by atoms with Gasteiger partial charge >= 0.3 is 6.18 Å². The summed E-state index contributed by atoms with van der Waals surface area (Å²) in [6.45, 7) is 0. The molecule has 0 saturated heterocycles. The van der Waals surface area contributed by atoms with Crippen LogP contribution in [0.15, 0.2) is 4.79 Å². The van der Waals surface area contributed by atoms with Crippen molar-refractivity contribution in [3.05, 3.63) is 15.8 Å². The van der Waals surface area contributed by atoms with Crippen LogP contribution in [0.2, 0.25) is 0 Å². The second-order valence-corrected chi connectivity index (χ2v) is 1.55. The Morgan fingerprint density at radius 2 is 1.67 bits per heavy atom. The molecule has 0 aliphatic heterocycles. The van der Waals surface area contributed by atoms with Gasteiger partial charge in [-0.15, -0.1) is 0 Å². The first-order valence-corrected chi connectivity index (χ1v) is 1.99. The van der Waals surface area contributed by atoms with Crippen LogP contribution < -0.4 is 5.43 Å². The summed E-state index contributed by atoms with van der Waals surface area (Å²) in [4.78, 5) is 9.82. The molecule has 1 rings (SSSR count). The zero-order chi connectivity index (χ0) is 7.23. The Balaban J connectivity index is 2.93. The Morgan fingerprint density at radius 1 is 1.33 bits per heavy atom. The number of hydrogen-bond acceptors (Lipinski definition) is 2. The summed E-state index contributed by atoms with van der Waals surface area (Å²) in [5.41, 5.74) is -2.70. The molecule has 2 nitrogen and oxygen atoms in total. The molecule has 0 atom stereocenters. The normalized spacial score (nSPS) is 12.8.